The minimum absolute atomic E-state index is 3.09. The van der Waals surface area contributed by atoms with Crippen molar-refractivity contribution in [1.82, 2.24) is 0 Å². The molecule has 0 spiro atoms. The molecule has 0 aromatic heterocycles. The maximum absolute atomic E-state index is 12.2. The lowest BCUT2D eigenvalue weighted by Gasteiger charge is -2.19. The van der Waals surface area contributed by atoms with Crippen LogP contribution in [0.5, 0.6) is 0 Å². The Hall–Kier alpha value is -0.100. The molecule has 0 fully saturated rings. The molecule has 0 aliphatic rings. The van der Waals surface area contributed by atoms with E-state index in [2.05, 4.69) is 23.2 Å². The van der Waals surface area contributed by atoms with Crippen molar-refractivity contribution in [2.75, 3.05) is 0 Å². The molecular formula is C4Cl2F6. The van der Waals surface area contributed by atoms with Gasteiger partial charge < -0.3 is 0 Å². The molecule has 0 radical (unpaired) electrons. The van der Waals surface area contributed by atoms with Crippen LogP contribution in [0.3, 0.4) is 0 Å². The predicted octanol–water partition coefficient (Wildman–Crippen LogP) is 3.80. The van der Waals surface area contributed by atoms with Crippen molar-refractivity contribution >= 4 is 23.2 Å². The third-order valence-electron chi connectivity index (χ3n) is 0.798. The zero-order valence-electron chi connectivity index (χ0n) is 5.02. The Labute approximate surface area is 72.7 Å². The standard InChI is InChI=1S/C4Cl2F6/c5-3(10,4(6,11)12)1(7)2(8)9. The highest BCUT2D eigenvalue weighted by atomic mass is 35.5. The van der Waals surface area contributed by atoms with Gasteiger partial charge in [-0.1, -0.05) is 11.6 Å². The minimum Gasteiger partial charge on any atom is -0.210 e. The number of alkyl halides is 5. The SMILES string of the molecule is FC(F)=C(F)C(F)(Cl)C(F)(F)Cl. The molecule has 0 bridgehead atoms. The van der Waals surface area contributed by atoms with E-state index in [1.54, 1.807) is 0 Å². The van der Waals surface area contributed by atoms with Crippen molar-refractivity contribution in [2.45, 2.75) is 10.5 Å². The van der Waals surface area contributed by atoms with Gasteiger partial charge in [0.1, 0.15) is 0 Å². The molecule has 12 heavy (non-hydrogen) atoms. The van der Waals surface area contributed by atoms with Crippen LogP contribution in [0.4, 0.5) is 26.3 Å². The minimum atomic E-state index is -4.94. The molecule has 0 saturated carbocycles. The Bertz CT molecular complexity index is 200. The summed E-state index contributed by atoms with van der Waals surface area (Å²) in [5, 5.41) is -9.66. The van der Waals surface area contributed by atoms with E-state index < -0.39 is 22.4 Å². The molecule has 0 heterocycles. The first-order valence-corrected chi connectivity index (χ1v) is 3.02. The molecule has 1 unspecified atom stereocenters. The first kappa shape index (κ1) is 11.9. The first-order chi connectivity index (χ1) is 5.10. The van der Waals surface area contributed by atoms with Crippen molar-refractivity contribution in [2.24, 2.45) is 0 Å². The summed E-state index contributed by atoms with van der Waals surface area (Å²) in [4.78, 5) is 0. The summed E-state index contributed by atoms with van der Waals surface area (Å²) in [6, 6.07) is 0. The van der Waals surface area contributed by atoms with Crippen LogP contribution < -0.4 is 0 Å². The van der Waals surface area contributed by atoms with Gasteiger partial charge in [0.15, 0.2) is 0 Å². The maximum Gasteiger partial charge on any atom is 0.375 e. The molecule has 0 aliphatic carbocycles. The van der Waals surface area contributed by atoms with E-state index in [1.165, 1.54) is 0 Å². The fraction of sp³-hybridized carbons (Fsp3) is 0.500. The largest absolute Gasteiger partial charge is 0.375 e. The summed E-state index contributed by atoms with van der Waals surface area (Å²) < 4.78 is 70.1. The molecule has 8 heteroatoms. The first-order valence-electron chi connectivity index (χ1n) is 2.26. The molecule has 0 rings (SSSR count). The van der Waals surface area contributed by atoms with Gasteiger partial charge in [0.05, 0.1) is 0 Å². The van der Waals surface area contributed by atoms with Crippen LogP contribution in [0, 0.1) is 0 Å². The molecule has 0 aromatic rings. The van der Waals surface area contributed by atoms with Gasteiger partial charge in [-0.3, -0.25) is 0 Å². The second-order valence-corrected chi connectivity index (χ2v) is 2.64. The normalized spacial score (nSPS) is 17.0. The third kappa shape index (κ3) is 2.20. The van der Waals surface area contributed by atoms with Gasteiger partial charge in [0.2, 0.25) is 5.83 Å². The van der Waals surface area contributed by atoms with Crippen molar-refractivity contribution in [3.05, 3.63) is 11.9 Å². The van der Waals surface area contributed by atoms with Gasteiger partial charge in [0, 0.05) is 0 Å². The second-order valence-electron chi connectivity index (χ2n) is 1.65. The van der Waals surface area contributed by atoms with Crippen LogP contribution in [-0.4, -0.2) is 10.5 Å². The van der Waals surface area contributed by atoms with E-state index in [1.807, 2.05) is 0 Å². The average Bonchev–Trinajstić information content (AvgIpc) is 1.83. The Balaban J connectivity index is 5.01. The molecule has 0 N–H and O–H groups in total. The number of allylic oxidation sites excluding steroid dienone is 1. The smallest absolute Gasteiger partial charge is 0.210 e. The lowest BCUT2D eigenvalue weighted by Crippen LogP contribution is -2.35. The summed E-state index contributed by atoms with van der Waals surface area (Å²) in [6.45, 7) is 0. The molecule has 1 atom stereocenters. The molecule has 72 valence electrons. The van der Waals surface area contributed by atoms with Crippen molar-refractivity contribution in [1.29, 1.82) is 0 Å². The zero-order valence-corrected chi connectivity index (χ0v) is 6.54. The van der Waals surface area contributed by atoms with Gasteiger partial charge >= 0.3 is 16.6 Å². The van der Waals surface area contributed by atoms with Gasteiger partial charge in [-0.25, -0.2) is 8.78 Å². The summed E-state index contributed by atoms with van der Waals surface area (Å²) in [7, 11) is 0. The Kier molecular flexibility index (Phi) is 3.31. The molecule has 0 amide bonds. The van der Waals surface area contributed by atoms with E-state index in [0.29, 0.717) is 0 Å². The second kappa shape index (κ2) is 3.33. The van der Waals surface area contributed by atoms with Crippen LogP contribution in [0.15, 0.2) is 11.9 Å². The fourth-order valence-corrected chi connectivity index (χ4v) is 0.398. The van der Waals surface area contributed by atoms with Gasteiger partial charge in [-0.2, -0.15) is 17.6 Å². The highest BCUT2D eigenvalue weighted by Gasteiger charge is 2.58. The Morgan fingerprint density at radius 2 is 1.25 bits per heavy atom. The van der Waals surface area contributed by atoms with Crippen LogP contribution in [0.1, 0.15) is 0 Å². The summed E-state index contributed by atoms with van der Waals surface area (Å²) in [6.07, 6.45) is -3.28. The van der Waals surface area contributed by atoms with Gasteiger partial charge in [-0.05, 0) is 11.6 Å². The lowest BCUT2D eigenvalue weighted by molar-refractivity contribution is -0.0137. The lowest BCUT2D eigenvalue weighted by atomic mass is 10.3. The highest BCUT2D eigenvalue weighted by Crippen LogP contribution is 2.46. The van der Waals surface area contributed by atoms with Crippen LogP contribution in [0.2, 0.25) is 0 Å². The van der Waals surface area contributed by atoms with Gasteiger partial charge in [0.25, 0.3) is 0 Å². The molecule has 0 aromatic carbocycles. The van der Waals surface area contributed by atoms with Crippen molar-refractivity contribution < 1.29 is 26.3 Å². The van der Waals surface area contributed by atoms with E-state index in [9.17, 15) is 26.3 Å². The van der Waals surface area contributed by atoms with Crippen LogP contribution in [0.25, 0.3) is 0 Å². The quantitative estimate of drug-likeness (QED) is 0.502. The van der Waals surface area contributed by atoms with Crippen molar-refractivity contribution in [3.63, 3.8) is 0 Å². The van der Waals surface area contributed by atoms with Crippen molar-refractivity contribution in [3.8, 4) is 0 Å². The number of halogens is 8. The van der Waals surface area contributed by atoms with Gasteiger partial charge in [-0.15, -0.1) is 0 Å². The number of hydrogen-bond donors (Lipinski definition) is 0. The van der Waals surface area contributed by atoms with Crippen LogP contribution >= 0.6 is 23.2 Å². The molecule has 0 aliphatic heterocycles. The molecular weight excluding hydrogens is 233 g/mol. The number of rotatable bonds is 2. The predicted molar refractivity (Wildman–Crippen MR) is 30.8 cm³/mol. The topological polar surface area (TPSA) is 0 Å². The Morgan fingerprint density at radius 3 is 1.33 bits per heavy atom. The molecule has 0 saturated heterocycles. The number of hydrogen-bond acceptors (Lipinski definition) is 0. The average molecular weight is 233 g/mol. The summed E-state index contributed by atoms with van der Waals surface area (Å²) >= 11 is 8.01. The fourth-order valence-electron chi connectivity index (χ4n) is 0.243. The third-order valence-corrected chi connectivity index (χ3v) is 1.56. The monoisotopic (exact) mass is 232 g/mol. The summed E-state index contributed by atoms with van der Waals surface area (Å²) in [5.41, 5.74) is 0. The Morgan fingerprint density at radius 1 is 0.917 bits per heavy atom. The van der Waals surface area contributed by atoms with E-state index in [0.717, 1.165) is 0 Å². The van der Waals surface area contributed by atoms with Crippen LogP contribution in [-0.2, 0) is 0 Å². The van der Waals surface area contributed by atoms with E-state index in [4.69, 9.17) is 0 Å². The van der Waals surface area contributed by atoms with E-state index >= 15 is 0 Å². The highest BCUT2D eigenvalue weighted by molar-refractivity contribution is 6.33. The summed E-state index contributed by atoms with van der Waals surface area (Å²) in [5.74, 6) is -3.09. The maximum atomic E-state index is 12.2. The molecule has 0 nitrogen and oxygen atoms in total. The zero-order chi connectivity index (χ0) is 10.2. The van der Waals surface area contributed by atoms with E-state index in [-0.39, 0.29) is 0 Å².